The first-order chi connectivity index (χ1) is 12.2. The molecule has 0 unspecified atom stereocenters. The molecule has 3 aromatic heterocycles. The summed E-state index contributed by atoms with van der Waals surface area (Å²) in [5, 5.41) is 8.46. The zero-order valence-electron chi connectivity index (χ0n) is 12.9. The molecule has 5 nitrogen and oxygen atoms in total. The standard InChI is InChI=1S/C18H12ClN3O2S/c19-14-4-1-3-12(9-14)10-22-7-2-5-15(18(22)23)17-20-16(21-24-17)13-6-8-25-11-13/h1-9,11H,10H2. The smallest absolute Gasteiger partial charge is 0.263 e. The van der Waals surface area contributed by atoms with E-state index in [1.54, 1.807) is 40.3 Å². The highest BCUT2D eigenvalue weighted by atomic mass is 35.5. The van der Waals surface area contributed by atoms with Gasteiger partial charge in [-0.3, -0.25) is 4.79 Å². The Balaban J connectivity index is 1.69. The van der Waals surface area contributed by atoms with E-state index in [1.165, 1.54) is 0 Å². The van der Waals surface area contributed by atoms with Gasteiger partial charge in [-0.2, -0.15) is 16.3 Å². The van der Waals surface area contributed by atoms with Crippen LogP contribution in [0.1, 0.15) is 5.56 Å². The summed E-state index contributed by atoms with van der Waals surface area (Å²) in [4.78, 5) is 17.1. The van der Waals surface area contributed by atoms with Crippen molar-refractivity contribution >= 4 is 22.9 Å². The van der Waals surface area contributed by atoms with Crippen molar-refractivity contribution in [2.24, 2.45) is 0 Å². The van der Waals surface area contributed by atoms with Crippen molar-refractivity contribution in [3.05, 3.63) is 80.4 Å². The van der Waals surface area contributed by atoms with E-state index in [1.807, 2.05) is 35.0 Å². The highest BCUT2D eigenvalue weighted by Gasteiger charge is 2.15. The molecule has 0 fully saturated rings. The lowest BCUT2D eigenvalue weighted by Gasteiger charge is -2.07. The van der Waals surface area contributed by atoms with Crippen molar-refractivity contribution in [1.29, 1.82) is 0 Å². The minimum Gasteiger partial charge on any atom is -0.333 e. The molecule has 0 bridgehead atoms. The predicted octanol–water partition coefficient (Wildman–Crippen LogP) is 4.33. The molecule has 7 heteroatoms. The van der Waals surface area contributed by atoms with Crippen LogP contribution in [0, 0.1) is 0 Å². The number of rotatable bonds is 4. The van der Waals surface area contributed by atoms with E-state index < -0.39 is 0 Å². The Morgan fingerprint density at radius 2 is 2.12 bits per heavy atom. The SMILES string of the molecule is O=c1c(-c2nc(-c3ccsc3)no2)cccn1Cc1cccc(Cl)c1. The Bertz CT molecular complexity index is 1070. The summed E-state index contributed by atoms with van der Waals surface area (Å²) >= 11 is 7.56. The lowest BCUT2D eigenvalue weighted by atomic mass is 10.2. The minimum absolute atomic E-state index is 0.192. The largest absolute Gasteiger partial charge is 0.333 e. The van der Waals surface area contributed by atoms with Gasteiger partial charge in [-0.1, -0.05) is 28.9 Å². The van der Waals surface area contributed by atoms with E-state index in [-0.39, 0.29) is 11.4 Å². The number of benzene rings is 1. The first kappa shape index (κ1) is 15.8. The highest BCUT2D eigenvalue weighted by Crippen LogP contribution is 2.22. The van der Waals surface area contributed by atoms with E-state index in [0.717, 1.165) is 11.1 Å². The van der Waals surface area contributed by atoms with Gasteiger partial charge in [-0.25, -0.2) is 0 Å². The van der Waals surface area contributed by atoms with Crippen LogP contribution in [-0.4, -0.2) is 14.7 Å². The second kappa shape index (κ2) is 6.66. The average Bonchev–Trinajstić information content (AvgIpc) is 3.28. The molecule has 0 atom stereocenters. The molecule has 3 heterocycles. The van der Waals surface area contributed by atoms with Crippen molar-refractivity contribution in [1.82, 2.24) is 14.7 Å². The summed E-state index contributed by atoms with van der Waals surface area (Å²) in [5.74, 6) is 0.688. The van der Waals surface area contributed by atoms with E-state index in [4.69, 9.17) is 16.1 Å². The maximum absolute atomic E-state index is 12.8. The van der Waals surface area contributed by atoms with Gasteiger partial charge in [0.1, 0.15) is 5.56 Å². The van der Waals surface area contributed by atoms with Crippen LogP contribution >= 0.6 is 22.9 Å². The van der Waals surface area contributed by atoms with Gasteiger partial charge >= 0.3 is 0 Å². The lowest BCUT2D eigenvalue weighted by molar-refractivity contribution is 0.431. The summed E-state index contributed by atoms with van der Waals surface area (Å²) in [7, 11) is 0. The second-order valence-corrected chi connectivity index (χ2v) is 6.64. The van der Waals surface area contributed by atoms with Crippen molar-refractivity contribution in [3.63, 3.8) is 0 Å². The molecular formula is C18H12ClN3O2S. The molecule has 0 spiro atoms. The van der Waals surface area contributed by atoms with E-state index >= 15 is 0 Å². The summed E-state index contributed by atoms with van der Waals surface area (Å²) in [5.41, 5.74) is 1.99. The molecule has 4 aromatic rings. The van der Waals surface area contributed by atoms with Gasteiger partial charge in [0.25, 0.3) is 11.4 Å². The summed E-state index contributed by atoms with van der Waals surface area (Å²) < 4.78 is 6.88. The van der Waals surface area contributed by atoms with Gasteiger partial charge in [-0.05, 0) is 41.3 Å². The fraction of sp³-hybridized carbons (Fsp3) is 0.0556. The summed E-state index contributed by atoms with van der Waals surface area (Å²) in [6, 6.07) is 12.8. The van der Waals surface area contributed by atoms with Gasteiger partial charge in [0.2, 0.25) is 5.82 Å². The van der Waals surface area contributed by atoms with E-state index in [9.17, 15) is 4.79 Å². The van der Waals surface area contributed by atoms with Crippen LogP contribution in [0.15, 0.2) is 68.7 Å². The van der Waals surface area contributed by atoms with E-state index in [0.29, 0.717) is 23.0 Å². The topological polar surface area (TPSA) is 60.9 Å². The minimum atomic E-state index is -0.192. The molecule has 4 rings (SSSR count). The lowest BCUT2D eigenvalue weighted by Crippen LogP contribution is -2.21. The van der Waals surface area contributed by atoms with E-state index in [2.05, 4.69) is 10.1 Å². The van der Waals surface area contributed by atoms with Crippen molar-refractivity contribution in [3.8, 4) is 22.8 Å². The normalized spacial score (nSPS) is 10.9. The molecule has 0 radical (unpaired) electrons. The van der Waals surface area contributed by atoms with Crippen LogP contribution in [0.5, 0.6) is 0 Å². The van der Waals surface area contributed by atoms with Crippen LogP contribution in [0.4, 0.5) is 0 Å². The molecule has 0 amide bonds. The number of hydrogen-bond acceptors (Lipinski definition) is 5. The predicted molar refractivity (Wildman–Crippen MR) is 97.9 cm³/mol. The maximum atomic E-state index is 12.8. The molecule has 0 aliphatic heterocycles. The highest BCUT2D eigenvalue weighted by molar-refractivity contribution is 7.08. The third kappa shape index (κ3) is 3.26. The number of hydrogen-bond donors (Lipinski definition) is 0. The monoisotopic (exact) mass is 369 g/mol. The molecule has 0 aliphatic carbocycles. The van der Waals surface area contributed by atoms with Crippen molar-refractivity contribution in [2.75, 3.05) is 0 Å². The van der Waals surface area contributed by atoms with Gasteiger partial charge in [0.05, 0.1) is 6.54 Å². The fourth-order valence-corrected chi connectivity index (χ4v) is 3.35. The average molecular weight is 370 g/mol. The molecule has 0 N–H and O–H groups in total. The van der Waals surface area contributed by atoms with Gasteiger partial charge in [-0.15, -0.1) is 0 Å². The Hall–Kier alpha value is -2.70. The Morgan fingerprint density at radius 1 is 1.20 bits per heavy atom. The molecule has 1 aromatic carbocycles. The summed E-state index contributed by atoms with van der Waals surface area (Å²) in [6.07, 6.45) is 1.73. The third-order valence-corrected chi connectivity index (χ3v) is 4.62. The van der Waals surface area contributed by atoms with Crippen molar-refractivity contribution < 1.29 is 4.52 Å². The number of thiophene rings is 1. The van der Waals surface area contributed by atoms with Gasteiger partial charge < -0.3 is 9.09 Å². The van der Waals surface area contributed by atoms with Crippen LogP contribution in [0.25, 0.3) is 22.8 Å². The molecule has 0 aliphatic rings. The zero-order chi connectivity index (χ0) is 17.2. The zero-order valence-corrected chi connectivity index (χ0v) is 14.5. The Morgan fingerprint density at radius 3 is 2.92 bits per heavy atom. The Kier molecular flexibility index (Phi) is 4.21. The van der Waals surface area contributed by atoms with Crippen LogP contribution in [0.2, 0.25) is 5.02 Å². The van der Waals surface area contributed by atoms with Crippen LogP contribution in [0.3, 0.4) is 0 Å². The fourth-order valence-electron chi connectivity index (χ4n) is 2.50. The third-order valence-electron chi connectivity index (χ3n) is 3.70. The first-order valence-corrected chi connectivity index (χ1v) is 8.83. The van der Waals surface area contributed by atoms with Gasteiger partial charge in [0.15, 0.2) is 0 Å². The molecule has 25 heavy (non-hydrogen) atoms. The number of aromatic nitrogens is 3. The molecular weight excluding hydrogens is 358 g/mol. The summed E-state index contributed by atoms with van der Waals surface area (Å²) in [6.45, 7) is 0.415. The first-order valence-electron chi connectivity index (χ1n) is 7.51. The number of pyridine rings is 1. The number of nitrogens with zero attached hydrogens (tertiary/aromatic N) is 3. The number of halogens is 1. The molecule has 0 saturated carbocycles. The van der Waals surface area contributed by atoms with Gasteiger partial charge in [0, 0.05) is 22.2 Å². The molecule has 0 saturated heterocycles. The quantitative estimate of drug-likeness (QED) is 0.537. The van der Waals surface area contributed by atoms with Crippen molar-refractivity contribution in [2.45, 2.75) is 6.54 Å². The van der Waals surface area contributed by atoms with Crippen LogP contribution in [-0.2, 0) is 6.54 Å². The van der Waals surface area contributed by atoms with Crippen LogP contribution < -0.4 is 5.56 Å². The second-order valence-electron chi connectivity index (χ2n) is 5.42. The molecule has 124 valence electrons. The maximum Gasteiger partial charge on any atom is 0.263 e. The Labute approximate surface area is 152 Å².